The molecule has 0 amide bonds. The van der Waals surface area contributed by atoms with E-state index in [2.05, 4.69) is 29.2 Å². The van der Waals surface area contributed by atoms with Crippen LogP contribution in [0.1, 0.15) is 13.8 Å². The van der Waals surface area contributed by atoms with E-state index in [-0.39, 0.29) is 0 Å². The van der Waals surface area contributed by atoms with Crippen LogP contribution in [0.2, 0.25) is 0 Å². The van der Waals surface area contributed by atoms with E-state index in [9.17, 15) is 0 Å². The van der Waals surface area contributed by atoms with Gasteiger partial charge in [-0.05, 0) is 53.8 Å². The number of rotatable bonds is 2. The van der Waals surface area contributed by atoms with E-state index in [1.54, 1.807) is 6.20 Å². The average molecular weight is 249 g/mol. The molecule has 0 saturated carbocycles. The van der Waals surface area contributed by atoms with Crippen LogP contribution in [0.5, 0.6) is 0 Å². The topological polar surface area (TPSA) is 26.0 Å². The third-order valence-corrected chi connectivity index (χ3v) is 2.95. The van der Waals surface area contributed by atoms with Gasteiger partial charge in [-0.15, -0.1) is 0 Å². The Balaban J connectivity index is 4.63. The summed E-state index contributed by atoms with van der Waals surface area (Å²) in [6.45, 7) is 7.66. The van der Waals surface area contributed by atoms with Crippen molar-refractivity contribution >= 4 is 22.6 Å². The molecule has 0 bridgehead atoms. The van der Waals surface area contributed by atoms with E-state index in [1.807, 2.05) is 19.9 Å². The molecule has 1 nitrogen and oxygen atoms in total. The van der Waals surface area contributed by atoms with E-state index in [1.165, 1.54) is 9.15 Å². The molecule has 0 rings (SSSR count). The summed E-state index contributed by atoms with van der Waals surface area (Å²) in [5.41, 5.74) is 7.59. The van der Waals surface area contributed by atoms with Crippen molar-refractivity contribution in [2.24, 2.45) is 5.73 Å². The average Bonchev–Trinajstić information content (AvgIpc) is 2.00. The number of allylic oxidation sites excluding steroid dienone is 4. The van der Waals surface area contributed by atoms with Gasteiger partial charge in [-0.2, -0.15) is 0 Å². The minimum atomic E-state index is 1.10. The minimum absolute atomic E-state index is 1.10. The van der Waals surface area contributed by atoms with Crippen molar-refractivity contribution < 1.29 is 0 Å². The largest absolute Gasteiger partial charge is 0.404 e. The first kappa shape index (κ1) is 9.75. The standard InChI is InChI=1S/C8H12IN/c1-4-6(2)8(9)7(3)5-10/h4-5H,1,10H2,2-3H3/b7-5-,8-6-. The first-order valence-corrected chi connectivity index (χ1v) is 4.09. The minimum Gasteiger partial charge on any atom is -0.404 e. The Bertz CT molecular complexity index is 189. The van der Waals surface area contributed by atoms with Crippen LogP contribution >= 0.6 is 22.6 Å². The summed E-state index contributed by atoms with van der Waals surface area (Å²) in [7, 11) is 0. The van der Waals surface area contributed by atoms with Crippen molar-refractivity contribution in [1.29, 1.82) is 0 Å². The lowest BCUT2D eigenvalue weighted by Gasteiger charge is -1.99. The van der Waals surface area contributed by atoms with E-state index in [4.69, 9.17) is 5.73 Å². The Morgan fingerprint density at radius 2 is 2.00 bits per heavy atom. The van der Waals surface area contributed by atoms with Crippen LogP contribution in [-0.2, 0) is 0 Å². The number of nitrogens with two attached hydrogens (primary N) is 1. The Morgan fingerprint density at radius 1 is 1.50 bits per heavy atom. The van der Waals surface area contributed by atoms with Crippen LogP contribution in [0.15, 0.2) is 33.6 Å². The molecule has 0 aromatic carbocycles. The second kappa shape index (κ2) is 4.55. The fourth-order valence-corrected chi connectivity index (χ4v) is 0.874. The molecular weight excluding hydrogens is 237 g/mol. The molecule has 0 heterocycles. The van der Waals surface area contributed by atoms with Gasteiger partial charge in [0.05, 0.1) is 0 Å². The molecule has 0 aliphatic heterocycles. The Kier molecular flexibility index (Phi) is 4.43. The van der Waals surface area contributed by atoms with Gasteiger partial charge in [-0.25, -0.2) is 0 Å². The first-order valence-electron chi connectivity index (χ1n) is 3.01. The van der Waals surface area contributed by atoms with Gasteiger partial charge in [0, 0.05) is 3.58 Å². The van der Waals surface area contributed by atoms with Crippen LogP contribution in [0.4, 0.5) is 0 Å². The van der Waals surface area contributed by atoms with Gasteiger partial charge in [0.2, 0.25) is 0 Å². The van der Waals surface area contributed by atoms with Gasteiger partial charge in [0.1, 0.15) is 0 Å². The molecule has 10 heavy (non-hydrogen) atoms. The second-order valence-corrected chi connectivity index (χ2v) is 3.13. The van der Waals surface area contributed by atoms with Gasteiger partial charge in [-0.1, -0.05) is 12.7 Å². The summed E-state index contributed by atoms with van der Waals surface area (Å²) >= 11 is 2.25. The predicted octanol–water partition coefficient (Wildman–Crippen LogP) is 2.74. The fourth-order valence-electron chi connectivity index (χ4n) is 0.474. The number of halogens is 1. The Hall–Kier alpha value is -0.250. The third-order valence-electron chi connectivity index (χ3n) is 1.25. The van der Waals surface area contributed by atoms with Crippen LogP contribution < -0.4 is 5.73 Å². The summed E-state index contributed by atoms with van der Waals surface area (Å²) in [5.74, 6) is 0. The van der Waals surface area contributed by atoms with Crippen molar-refractivity contribution in [2.75, 3.05) is 0 Å². The summed E-state index contributed by atoms with van der Waals surface area (Å²) in [6, 6.07) is 0. The van der Waals surface area contributed by atoms with Crippen LogP contribution in [-0.4, -0.2) is 0 Å². The normalized spacial score (nSPS) is 14.5. The van der Waals surface area contributed by atoms with E-state index >= 15 is 0 Å². The highest BCUT2D eigenvalue weighted by Crippen LogP contribution is 2.20. The van der Waals surface area contributed by atoms with E-state index in [0.717, 1.165) is 5.57 Å². The predicted molar refractivity (Wildman–Crippen MR) is 54.9 cm³/mol. The summed E-state index contributed by atoms with van der Waals surface area (Å²) in [4.78, 5) is 0. The molecule has 0 unspecified atom stereocenters. The summed E-state index contributed by atoms with van der Waals surface area (Å²) < 4.78 is 1.18. The van der Waals surface area contributed by atoms with Crippen molar-refractivity contribution in [3.8, 4) is 0 Å². The maximum Gasteiger partial charge on any atom is 0.0202 e. The molecule has 0 radical (unpaired) electrons. The lowest BCUT2D eigenvalue weighted by Crippen LogP contribution is -1.85. The maximum atomic E-state index is 5.33. The zero-order valence-corrected chi connectivity index (χ0v) is 8.47. The van der Waals surface area contributed by atoms with Crippen molar-refractivity contribution in [3.63, 3.8) is 0 Å². The molecule has 0 saturated heterocycles. The van der Waals surface area contributed by atoms with Crippen molar-refractivity contribution in [1.82, 2.24) is 0 Å². The highest BCUT2D eigenvalue weighted by Gasteiger charge is 1.95. The Labute approximate surface area is 75.8 Å². The highest BCUT2D eigenvalue weighted by molar-refractivity contribution is 14.1. The molecule has 0 aromatic rings. The smallest absolute Gasteiger partial charge is 0.0202 e. The Morgan fingerprint density at radius 3 is 2.30 bits per heavy atom. The SMILES string of the molecule is C=C/C(C)=C(I)/C(C)=C\N. The van der Waals surface area contributed by atoms with Crippen molar-refractivity contribution in [3.05, 3.63) is 33.6 Å². The zero-order valence-electron chi connectivity index (χ0n) is 6.32. The quantitative estimate of drug-likeness (QED) is 0.591. The van der Waals surface area contributed by atoms with Crippen LogP contribution in [0.3, 0.4) is 0 Å². The molecule has 2 heteroatoms. The molecule has 0 aromatic heterocycles. The first-order chi connectivity index (χ1) is 4.63. The van der Waals surface area contributed by atoms with Gasteiger partial charge in [-0.3, -0.25) is 0 Å². The lowest BCUT2D eigenvalue weighted by atomic mass is 10.2. The fraction of sp³-hybridized carbons (Fsp3) is 0.250. The van der Waals surface area contributed by atoms with Crippen LogP contribution in [0.25, 0.3) is 0 Å². The molecule has 0 fully saturated rings. The lowest BCUT2D eigenvalue weighted by molar-refractivity contribution is 1.38. The van der Waals surface area contributed by atoms with E-state index in [0.29, 0.717) is 0 Å². The van der Waals surface area contributed by atoms with E-state index < -0.39 is 0 Å². The zero-order chi connectivity index (χ0) is 8.15. The molecule has 0 aliphatic carbocycles. The molecule has 0 aliphatic rings. The van der Waals surface area contributed by atoms with Gasteiger partial charge < -0.3 is 5.73 Å². The summed E-state index contributed by atoms with van der Waals surface area (Å²) in [5, 5.41) is 0. The molecular formula is C8H12IN. The molecule has 56 valence electrons. The summed E-state index contributed by atoms with van der Waals surface area (Å²) in [6.07, 6.45) is 3.43. The van der Waals surface area contributed by atoms with Crippen molar-refractivity contribution in [2.45, 2.75) is 13.8 Å². The van der Waals surface area contributed by atoms with Crippen LogP contribution in [0, 0.1) is 0 Å². The van der Waals surface area contributed by atoms with Gasteiger partial charge in [0.25, 0.3) is 0 Å². The molecule has 0 atom stereocenters. The van der Waals surface area contributed by atoms with Gasteiger partial charge in [0.15, 0.2) is 0 Å². The second-order valence-electron chi connectivity index (χ2n) is 2.05. The molecule has 2 N–H and O–H groups in total. The third kappa shape index (κ3) is 2.56. The monoisotopic (exact) mass is 249 g/mol. The number of hydrogen-bond acceptors (Lipinski definition) is 1. The van der Waals surface area contributed by atoms with Gasteiger partial charge >= 0.3 is 0 Å². The maximum absolute atomic E-state index is 5.33. The number of hydrogen-bond donors (Lipinski definition) is 1. The molecule has 0 spiro atoms. The highest BCUT2D eigenvalue weighted by atomic mass is 127.